The molecule has 0 fully saturated rings. The van der Waals surface area contributed by atoms with Gasteiger partial charge in [0.1, 0.15) is 12.1 Å². The van der Waals surface area contributed by atoms with E-state index in [0.29, 0.717) is 37.2 Å². The lowest BCUT2D eigenvalue weighted by Gasteiger charge is -2.17. The van der Waals surface area contributed by atoms with E-state index in [2.05, 4.69) is 15.0 Å². The Morgan fingerprint density at radius 2 is 1.96 bits per heavy atom. The summed E-state index contributed by atoms with van der Waals surface area (Å²) in [5.74, 6) is -0.326. The largest absolute Gasteiger partial charge is 0.508 e. The Labute approximate surface area is 157 Å². The van der Waals surface area contributed by atoms with Crippen LogP contribution >= 0.6 is 0 Å². The molecule has 0 aliphatic heterocycles. The van der Waals surface area contributed by atoms with Crippen molar-refractivity contribution in [1.29, 1.82) is 0 Å². The highest BCUT2D eigenvalue weighted by Gasteiger charge is 2.16. The molecule has 0 amide bonds. The van der Waals surface area contributed by atoms with Crippen molar-refractivity contribution < 1.29 is 23.8 Å². The number of rotatable bonds is 10. The second kappa shape index (κ2) is 10.3. The van der Waals surface area contributed by atoms with Gasteiger partial charge in [0.25, 0.3) is 0 Å². The molecule has 0 aromatic carbocycles. The lowest BCUT2D eigenvalue weighted by atomic mass is 10.1. The monoisotopic (exact) mass is 379 g/mol. The molecule has 2 N–H and O–H groups in total. The Hall–Kier alpha value is -2.91. The van der Waals surface area contributed by atoms with Gasteiger partial charge >= 0.3 is 12.1 Å². The van der Waals surface area contributed by atoms with Gasteiger partial charge in [-0.15, -0.1) is 0 Å². The lowest BCUT2D eigenvalue weighted by Crippen LogP contribution is -2.22. The van der Waals surface area contributed by atoms with Gasteiger partial charge in [0, 0.05) is 18.9 Å². The third-order valence-corrected chi connectivity index (χ3v) is 3.78. The molecule has 2 rings (SSSR count). The van der Waals surface area contributed by atoms with Gasteiger partial charge in [-0.05, 0) is 12.8 Å². The van der Waals surface area contributed by atoms with Crippen molar-refractivity contribution in [2.24, 2.45) is 5.92 Å². The highest BCUT2D eigenvalue weighted by atomic mass is 16.7. The minimum atomic E-state index is -0.725. The van der Waals surface area contributed by atoms with Crippen molar-refractivity contribution in [3.63, 3.8) is 0 Å². The van der Waals surface area contributed by atoms with Gasteiger partial charge in [-0.1, -0.05) is 13.8 Å². The average molecular weight is 379 g/mol. The molecule has 0 spiro atoms. The summed E-state index contributed by atoms with van der Waals surface area (Å²) < 4.78 is 17.1. The van der Waals surface area contributed by atoms with Gasteiger partial charge in [-0.3, -0.25) is 4.79 Å². The molecule has 0 aliphatic carbocycles. The summed E-state index contributed by atoms with van der Waals surface area (Å²) in [4.78, 5) is 35.3. The molecular weight excluding hydrogens is 354 g/mol. The molecule has 148 valence electrons. The summed E-state index contributed by atoms with van der Waals surface area (Å²) in [5.41, 5.74) is 6.89. The van der Waals surface area contributed by atoms with Crippen LogP contribution in [0.1, 0.15) is 33.1 Å². The first-order valence-corrected chi connectivity index (χ1v) is 8.92. The fourth-order valence-electron chi connectivity index (χ4n) is 2.29. The van der Waals surface area contributed by atoms with Gasteiger partial charge in [-0.25, -0.2) is 14.8 Å². The number of esters is 1. The molecule has 0 bridgehead atoms. The summed E-state index contributed by atoms with van der Waals surface area (Å²) in [6, 6.07) is 0. The Balaban J connectivity index is 1.95. The third kappa shape index (κ3) is 6.39. The zero-order valence-electron chi connectivity index (χ0n) is 15.6. The third-order valence-electron chi connectivity index (χ3n) is 3.78. The number of ether oxygens (including phenoxy) is 3. The maximum atomic E-state index is 11.5. The number of carbonyl (C=O) groups excluding carboxylic acids is 2. The molecule has 0 aliphatic rings. The minimum Gasteiger partial charge on any atom is -0.465 e. The zero-order valence-corrected chi connectivity index (χ0v) is 15.6. The number of aryl methyl sites for hydroxylation is 1. The van der Waals surface area contributed by atoms with E-state index in [4.69, 9.17) is 19.9 Å². The minimum absolute atomic E-state index is 0.0866. The van der Waals surface area contributed by atoms with Crippen LogP contribution in [-0.4, -0.2) is 51.5 Å². The fourth-order valence-corrected chi connectivity index (χ4v) is 2.29. The molecule has 1 atom stereocenters. The number of nitrogen functional groups attached to an aromatic ring is 1. The zero-order chi connectivity index (χ0) is 19.6. The quantitative estimate of drug-likeness (QED) is 0.615. The van der Waals surface area contributed by atoms with Crippen molar-refractivity contribution in [2.75, 3.05) is 25.6 Å². The first-order chi connectivity index (χ1) is 13.0. The van der Waals surface area contributed by atoms with Crippen LogP contribution < -0.4 is 5.73 Å². The van der Waals surface area contributed by atoms with Crippen molar-refractivity contribution >= 4 is 29.2 Å². The smallest absolute Gasteiger partial charge is 0.465 e. The second-order valence-corrected chi connectivity index (χ2v) is 5.98. The number of fused-ring (bicyclic) bond motifs is 1. The number of nitrogens with zero attached hydrogens (tertiary/aromatic N) is 4. The molecule has 0 saturated heterocycles. The van der Waals surface area contributed by atoms with E-state index in [1.54, 1.807) is 19.4 Å². The predicted molar refractivity (Wildman–Crippen MR) is 96.7 cm³/mol. The Morgan fingerprint density at radius 1 is 1.19 bits per heavy atom. The first-order valence-electron chi connectivity index (χ1n) is 8.92. The van der Waals surface area contributed by atoms with Gasteiger partial charge in [-0.2, -0.15) is 4.98 Å². The molecule has 0 radical (unpaired) electrons. The Morgan fingerprint density at radius 3 is 2.70 bits per heavy atom. The molecule has 27 heavy (non-hydrogen) atoms. The van der Waals surface area contributed by atoms with E-state index >= 15 is 0 Å². The van der Waals surface area contributed by atoms with Crippen LogP contribution in [0, 0.1) is 5.92 Å². The van der Waals surface area contributed by atoms with Gasteiger partial charge < -0.3 is 24.5 Å². The normalized spacial score (nSPS) is 11.9. The number of nitrogens with two attached hydrogens (primary N) is 1. The molecule has 1 unspecified atom stereocenters. The summed E-state index contributed by atoms with van der Waals surface area (Å²) in [6.45, 7) is 4.69. The number of anilines is 1. The molecular formula is C17H25N5O5. The molecule has 0 saturated carbocycles. The summed E-state index contributed by atoms with van der Waals surface area (Å²) in [5, 5.41) is 0. The molecule has 10 nitrogen and oxygen atoms in total. The van der Waals surface area contributed by atoms with Gasteiger partial charge in [0.15, 0.2) is 5.65 Å². The number of aromatic nitrogens is 4. The number of imidazole rings is 1. The molecule has 2 aromatic heterocycles. The highest BCUT2D eigenvalue weighted by molar-refractivity contribution is 5.70. The van der Waals surface area contributed by atoms with Crippen molar-refractivity contribution in [1.82, 2.24) is 19.5 Å². The van der Waals surface area contributed by atoms with Crippen LogP contribution in [0.3, 0.4) is 0 Å². The summed E-state index contributed by atoms with van der Waals surface area (Å²) in [6.07, 6.45) is 4.05. The van der Waals surface area contributed by atoms with E-state index in [1.165, 1.54) is 0 Å². The van der Waals surface area contributed by atoms with Crippen LogP contribution in [0.2, 0.25) is 0 Å². The SMILES string of the molecule is CCCOC(=O)OCC(CCn1cnc2cnc(N)nc21)COC(=O)CC. The molecule has 10 heteroatoms. The predicted octanol–water partition coefficient (Wildman–Crippen LogP) is 1.93. The molecule has 2 aromatic rings. The van der Waals surface area contributed by atoms with Crippen molar-refractivity contribution in [3.05, 3.63) is 12.5 Å². The number of hydrogen-bond donors (Lipinski definition) is 1. The molecule has 2 heterocycles. The van der Waals surface area contributed by atoms with Crippen LogP contribution in [0.15, 0.2) is 12.5 Å². The first kappa shape index (κ1) is 20.4. The van der Waals surface area contributed by atoms with Crippen LogP contribution in [0.25, 0.3) is 11.2 Å². The standard InChI is InChI=1S/C17H25N5O5/c1-3-7-25-17(24)27-10-12(9-26-14(23)4-2)5-6-22-11-20-13-8-19-16(18)21-15(13)22/h8,11-12H,3-7,9-10H2,1-2H3,(H2,18,19,21). The maximum absolute atomic E-state index is 11.5. The Kier molecular flexibility index (Phi) is 7.78. The topological polar surface area (TPSA) is 131 Å². The summed E-state index contributed by atoms with van der Waals surface area (Å²) >= 11 is 0. The van der Waals surface area contributed by atoms with Crippen LogP contribution in [-0.2, 0) is 25.5 Å². The van der Waals surface area contributed by atoms with E-state index in [9.17, 15) is 9.59 Å². The van der Waals surface area contributed by atoms with Crippen LogP contribution in [0.5, 0.6) is 0 Å². The van der Waals surface area contributed by atoms with E-state index in [0.717, 1.165) is 0 Å². The van der Waals surface area contributed by atoms with Crippen molar-refractivity contribution in [3.8, 4) is 0 Å². The van der Waals surface area contributed by atoms with Crippen LogP contribution in [0.4, 0.5) is 10.7 Å². The van der Waals surface area contributed by atoms with E-state index in [-0.39, 0.29) is 37.5 Å². The average Bonchev–Trinajstić information content (AvgIpc) is 3.07. The van der Waals surface area contributed by atoms with Gasteiger partial charge in [0.2, 0.25) is 5.95 Å². The van der Waals surface area contributed by atoms with E-state index < -0.39 is 6.16 Å². The number of hydrogen-bond acceptors (Lipinski definition) is 9. The Bertz CT molecular complexity index is 763. The lowest BCUT2D eigenvalue weighted by molar-refractivity contribution is -0.145. The maximum Gasteiger partial charge on any atom is 0.508 e. The van der Waals surface area contributed by atoms with E-state index in [1.807, 2.05) is 11.5 Å². The summed E-state index contributed by atoms with van der Waals surface area (Å²) in [7, 11) is 0. The van der Waals surface area contributed by atoms with Crippen molar-refractivity contribution in [2.45, 2.75) is 39.7 Å². The second-order valence-electron chi connectivity index (χ2n) is 5.98. The van der Waals surface area contributed by atoms with Gasteiger partial charge in [0.05, 0.1) is 25.7 Å². The fraction of sp³-hybridized carbons (Fsp3) is 0.588. The highest BCUT2D eigenvalue weighted by Crippen LogP contribution is 2.14. The number of carbonyl (C=O) groups is 2.